The molecule has 4 heteroatoms. The van der Waals surface area contributed by atoms with Crippen LogP contribution in [0.4, 0.5) is 0 Å². The number of fused-ring (bicyclic) bond motifs is 1. The highest BCUT2D eigenvalue weighted by Crippen LogP contribution is 2.48. The van der Waals surface area contributed by atoms with Crippen molar-refractivity contribution >= 4 is 22.6 Å². The number of carbonyl (C=O) groups excluding carboxylic acids is 1. The van der Waals surface area contributed by atoms with E-state index >= 15 is 0 Å². The van der Waals surface area contributed by atoms with Crippen molar-refractivity contribution in [1.29, 1.82) is 0 Å². The van der Waals surface area contributed by atoms with Gasteiger partial charge in [0, 0.05) is 5.92 Å². The smallest absolute Gasteiger partial charge is 0.326 e. The molecule has 1 aliphatic rings. The Bertz CT molecular complexity index is 753. The minimum Gasteiger partial charge on any atom is -0.480 e. The predicted octanol–water partition coefficient (Wildman–Crippen LogP) is 3.17. The maximum absolute atomic E-state index is 12.3. The minimum atomic E-state index is -0.976. The largest absolute Gasteiger partial charge is 0.480 e. The fourth-order valence-corrected chi connectivity index (χ4v) is 3.07. The first kappa shape index (κ1) is 15.5. The van der Waals surface area contributed by atoms with Crippen LogP contribution in [0.3, 0.4) is 0 Å². The van der Waals surface area contributed by atoms with E-state index in [2.05, 4.69) is 35.6 Å². The number of rotatable bonds is 5. The molecule has 0 bridgehead atoms. The Hall–Kier alpha value is -2.36. The molecule has 0 spiro atoms. The molecular weight excluding hydrogens is 290 g/mol. The average Bonchev–Trinajstić information content (AvgIpc) is 3.32. The van der Waals surface area contributed by atoms with Gasteiger partial charge >= 0.3 is 5.97 Å². The summed E-state index contributed by atoms with van der Waals surface area (Å²) in [6.45, 7) is 3.60. The van der Waals surface area contributed by atoms with Gasteiger partial charge in [0.05, 0.1) is 0 Å². The molecular formula is C19H21NO3. The Balaban J connectivity index is 1.70. The van der Waals surface area contributed by atoms with Gasteiger partial charge in [0.1, 0.15) is 6.04 Å². The number of carbonyl (C=O) groups is 2. The maximum atomic E-state index is 12.3. The highest BCUT2D eigenvalue weighted by molar-refractivity contribution is 5.88. The standard InChI is InChI=1S/C19H21NO3/c1-11(2)17(19(22)23)20-18(21)16-10-15(16)14-8-7-12-5-3-4-6-13(12)9-14/h3-9,11,15-17H,10H2,1-2H3,(H,20,21)(H,22,23)/t15?,16?,17-/m1/s1. The number of benzene rings is 2. The van der Waals surface area contributed by atoms with Gasteiger partial charge in [0.25, 0.3) is 0 Å². The number of hydrogen-bond donors (Lipinski definition) is 2. The number of hydrogen-bond acceptors (Lipinski definition) is 2. The molecule has 0 radical (unpaired) electrons. The molecule has 3 atom stereocenters. The highest BCUT2D eigenvalue weighted by Gasteiger charge is 2.45. The Labute approximate surface area is 135 Å². The van der Waals surface area contributed by atoms with Crippen molar-refractivity contribution in [1.82, 2.24) is 5.32 Å². The first-order valence-electron chi connectivity index (χ1n) is 7.99. The second kappa shape index (κ2) is 6.03. The summed E-state index contributed by atoms with van der Waals surface area (Å²) in [5, 5.41) is 14.2. The molecule has 0 saturated heterocycles. The van der Waals surface area contributed by atoms with Crippen molar-refractivity contribution in [2.24, 2.45) is 11.8 Å². The van der Waals surface area contributed by atoms with Crippen LogP contribution in [0.2, 0.25) is 0 Å². The van der Waals surface area contributed by atoms with Crippen molar-refractivity contribution in [2.75, 3.05) is 0 Å². The molecule has 3 rings (SSSR count). The summed E-state index contributed by atoms with van der Waals surface area (Å²) < 4.78 is 0. The van der Waals surface area contributed by atoms with E-state index in [1.165, 1.54) is 10.8 Å². The van der Waals surface area contributed by atoms with Crippen molar-refractivity contribution in [3.63, 3.8) is 0 Å². The Morgan fingerprint density at radius 3 is 2.48 bits per heavy atom. The summed E-state index contributed by atoms with van der Waals surface area (Å²) in [4.78, 5) is 23.5. The van der Waals surface area contributed by atoms with Gasteiger partial charge in [-0.05, 0) is 34.6 Å². The first-order valence-corrected chi connectivity index (χ1v) is 7.99. The topological polar surface area (TPSA) is 66.4 Å². The van der Waals surface area contributed by atoms with E-state index in [-0.39, 0.29) is 23.7 Å². The van der Waals surface area contributed by atoms with Crippen molar-refractivity contribution < 1.29 is 14.7 Å². The zero-order chi connectivity index (χ0) is 16.6. The van der Waals surface area contributed by atoms with Gasteiger partial charge in [0.2, 0.25) is 5.91 Å². The van der Waals surface area contributed by atoms with Gasteiger partial charge in [-0.25, -0.2) is 4.79 Å². The second-order valence-electron chi connectivity index (χ2n) is 6.62. The van der Waals surface area contributed by atoms with Crippen LogP contribution in [0.1, 0.15) is 31.7 Å². The van der Waals surface area contributed by atoms with E-state index in [1.807, 2.05) is 12.1 Å². The van der Waals surface area contributed by atoms with Crippen molar-refractivity contribution in [3.8, 4) is 0 Å². The Kier molecular flexibility index (Phi) is 4.07. The molecule has 0 aromatic heterocycles. The number of carboxylic acid groups (broad SMARTS) is 1. The van der Waals surface area contributed by atoms with Crippen LogP contribution >= 0.6 is 0 Å². The summed E-state index contributed by atoms with van der Waals surface area (Å²) in [5.41, 5.74) is 1.15. The normalized spacial score (nSPS) is 21.2. The third kappa shape index (κ3) is 3.21. The Morgan fingerprint density at radius 2 is 1.83 bits per heavy atom. The molecule has 2 aromatic carbocycles. The van der Waals surface area contributed by atoms with E-state index in [4.69, 9.17) is 0 Å². The lowest BCUT2D eigenvalue weighted by Crippen LogP contribution is -2.45. The van der Waals surface area contributed by atoms with Gasteiger partial charge in [-0.1, -0.05) is 56.3 Å². The van der Waals surface area contributed by atoms with Gasteiger partial charge in [0.15, 0.2) is 0 Å². The second-order valence-corrected chi connectivity index (χ2v) is 6.62. The van der Waals surface area contributed by atoms with E-state index in [9.17, 15) is 14.7 Å². The average molecular weight is 311 g/mol. The monoisotopic (exact) mass is 311 g/mol. The molecule has 1 saturated carbocycles. The van der Waals surface area contributed by atoms with Crippen molar-refractivity contribution in [3.05, 3.63) is 48.0 Å². The van der Waals surface area contributed by atoms with E-state index in [0.717, 1.165) is 12.0 Å². The number of aliphatic carboxylic acids is 1. The van der Waals surface area contributed by atoms with Gasteiger partial charge < -0.3 is 10.4 Å². The van der Waals surface area contributed by atoms with E-state index < -0.39 is 12.0 Å². The summed E-state index contributed by atoms with van der Waals surface area (Å²) in [6, 6.07) is 13.6. The van der Waals surface area contributed by atoms with Crippen LogP contribution in [-0.2, 0) is 9.59 Å². The third-order valence-corrected chi connectivity index (χ3v) is 4.56. The van der Waals surface area contributed by atoms with Gasteiger partial charge in [-0.15, -0.1) is 0 Å². The molecule has 1 fully saturated rings. The molecule has 23 heavy (non-hydrogen) atoms. The quantitative estimate of drug-likeness (QED) is 0.891. The summed E-state index contributed by atoms with van der Waals surface area (Å²) in [7, 11) is 0. The van der Waals surface area contributed by atoms with Crippen LogP contribution < -0.4 is 5.32 Å². The molecule has 1 amide bonds. The van der Waals surface area contributed by atoms with Crippen LogP contribution in [-0.4, -0.2) is 23.0 Å². The van der Waals surface area contributed by atoms with E-state index in [1.54, 1.807) is 13.8 Å². The molecule has 4 nitrogen and oxygen atoms in total. The van der Waals surface area contributed by atoms with Gasteiger partial charge in [-0.2, -0.15) is 0 Å². The number of amides is 1. The highest BCUT2D eigenvalue weighted by atomic mass is 16.4. The molecule has 0 aliphatic heterocycles. The molecule has 1 aliphatic carbocycles. The van der Waals surface area contributed by atoms with Crippen molar-refractivity contribution in [2.45, 2.75) is 32.2 Å². The molecule has 2 aromatic rings. The maximum Gasteiger partial charge on any atom is 0.326 e. The third-order valence-electron chi connectivity index (χ3n) is 4.56. The number of nitrogens with one attached hydrogen (secondary N) is 1. The fourth-order valence-electron chi connectivity index (χ4n) is 3.07. The molecule has 2 N–H and O–H groups in total. The molecule has 0 heterocycles. The summed E-state index contributed by atoms with van der Waals surface area (Å²) in [5.74, 6) is -1.17. The number of carboxylic acids is 1. The van der Waals surface area contributed by atoms with Crippen LogP contribution in [0.25, 0.3) is 10.8 Å². The summed E-state index contributed by atoms with van der Waals surface area (Å²) >= 11 is 0. The van der Waals surface area contributed by atoms with Crippen LogP contribution in [0, 0.1) is 11.8 Å². The zero-order valence-electron chi connectivity index (χ0n) is 13.3. The predicted molar refractivity (Wildman–Crippen MR) is 89.2 cm³/mol. The first-order chi connectivity index (χ1) is 11.0. The Morgan fingerprint density at radius 1 is 1.13 bits per heavy atom. The van der Waals surface area contributed by atoms with E-state index in [0.29, 0.717) is 0 Å². The molecule has 2 unspecified atom stereocenters. The lowest BCUT2D eigenvalue weighted by atomic mass is 10.0. The SMILES string of the molecule is CC(C)[C@@H](NC(=O)C1CC1c1ccc2ccccc2c1)C(=O)O. The van der Waals surface area contributed by atoms with Crippen LogP contribution in [0.15, 0.2) is 42.5 Å². The molecule has 120 valence electrons. The van der Waals surface area contributed by atoms with Crippen LogP contribution in [0.5, 0.6) is 0 Å². The lowest BCUT2D eigenvalue weighted by Gasteiger charge is -2.17. The van der Waals surface area contributed by atoms with Gasteiger partial charge in [-0.3, -0.25) is 4.79 Å². The fraction of sp³-hybridized carbons (Fsp3) is 0.368. The summed E-state index contributed by atoms with van der Waals surface area (Å²) in [6.07, 6.45) is 0.786. The lowest BCUT2D eigenvalue weighted by molar-refractivity contribution is -0.143. The minimum absolute atomic E-state index is 0.114. The zero-order valence-corrected chi connectivity index (χ0v) is 13.3.